The van der Waals surface area contributed by atoms with E-state index in [1.54, 1.807) is 13.3 Å². The van der Waals surface area contributed by atoms with Gasteiger partial charge in [-0.15, -0.1) is 0 Å². The Hall–Kier alpha value is -2.63. The molecule has 4 nitrogen and oxygen atoms in total. The van der Waals surface area contributed by atoms with E-state index >= 15 is 0 Å². The Balaban J connectivity index is 1.99. The first-order valence-corrected chi connectivity index (χ1v) is 10.6. The Morgan fingerprint density at radius 2 is 1.90 bits per heavy atom. The van der Waals surface area contributed by atoms with E-state index in [-0.39, 0.29) is 11.0 Å². The summed E-state index contributed by atoms with van der Waals surface area (Å²) in [6.07, 6.45) is 3.62. The molecule has 0 saturated carbocycles. The van der Waals surface area contributed by atoms with Gasteiger partial charge in [0.2, 0.25) is 0 Å². The highest BCUT2D eigenvalue weighted by Gasteiger charge is 2.20. The second-order valence-electron chi connectivity index (χ2n) is 6.96. The molecule has 0 aliphatic heterocycles. The average Bonchev–Trinajstić information content (AvgIpc) is 3.11. The molecular formula is C23H20ClN3OS. The lowest BCUT2D eigenvalue weighted by molar-refractivity contribution is -0.116. The van der Waals surface area contributed by atoms with Crippen LogP contribution in [0.1, 0.15) is 19.4 Å². The van der Waals surface area contributed by atoms with Crippen LogP contribution in [-0.4, -0.2) is 25.6 Å². The number of fused-ring (bicyclic) bond motifs is 1. The van der Waals surface area contributed by atoms with Gasteiger partial charge in [0.15, 0.2) is 0 Å². The third-order valence-electron chi connectivity index (χ3n) is 4.93. The van der Waals surface area contributed by atoms with Crippen molar-refractivity contribution < 1.29 is 4.79 Å². The van der Waals surface area contributed by atoms with Crippen LogP contribution in [0.4, 0.5) is 0 Å². The van der Waals surface area contributed by atoms with Crippen molar-refractivity contribution in [3.63, 3.8) is 0 Å². The minimum atomic E-state index is -0.186. The summed E-state index contributed by atoms with van der Waals surface area (Å²) in [7, 11) is 0. The number of rotatable bonds is 5. The smallest absolute Gasteiger partial charge is 0.149 e. The molecule has 0 radical (unpaired) electrons. The minimum absolute atomic E-state index is 0.118. The lowest BCUT2D eigenvalue weighted by atomic mass is 10.1. The molecule has 0 saturated heterocycles. The van der Waals surface area contributed by atoms with E-state index in [4.69, 9.17) is 11.6 Å². The molecule has 2 heterocycles. The molecule has 4 aromatic rings. The molecule has 146 valence electrons. The maximum atomic E-state index is 11.9. The number of carbonyl (C=O) groups is 1. The molecule has 1 atom stereocenters. The van der Waals surface area contributed by atoms with Gasteiger partial charge >= 0.3 is 0 Å². The fourth-order valence-electron chi connectivity index (χ4n) is 3.14. The van der Waals surface area contributed by atoms with Crippen molar-refractivity contribution in [1.29, 1.82) is 0 Å². The van der Waals surface area contributed by atoms with Crippen LogP contribution in [0, 0.1) is 6.92 Å². The summed E-state index contributed by atoms with van der Waals surface area (Å²) < 4.78 is 2.03. The van der Waals surface area contributed by atoms with Crippen molar-refractivity contribution in [3.8, 4) is 16.8 Å². The number of nitrogens with zero attached hydrogens (tertiary/aromatic N) is 3. The second-order valence-corrected chi connectivity index (χ2v) is 8.70. The molecule has 0 amide bonds. The van der Waals surface area contributed by atoms with Crippen LogP contribution in [0.15, 0.2) is 66.1 Å². The van der Waals surface area contributed by atoms with Crippen LogP contribution < -0.4 is 0 Å². The molecule has 4 rings (SSSR count). The lowest BCUT2D eigenvalue weighted by Gasteiger charge is -2.09. The Labute approximate surface area is 178 Å². The SMILES string of the molecule is CC(=O)[C@H](C)Sc1ncnc2c1c(-c1ccccc1)cn2-c1ccc(C)c(Cl)c1. The van der Waals surface area contributed by atoms with Crippen LogP contribution in [-0.2, 0) is 4.79 Å². The number of ketones is 1. The van der Waals surface area contributed by atoms with Gasteiger partial charge in [-0.25, -0.2) is 9.97 Å². The third kappa shape index (κ3) is 3.80. The maximum Gasteiger partial charge on any atom is 0.149 e. The standard InChI is InChI=1S/C23H20ClN3OS/c1-14-9-10-18(11-20(14)24)27-12-19(17-7-5-4-6-8-17)21-22(27)25-13-26-23(21)29-16(3)15(2)28/h4-13,16H,1-3H3/t16-/m0/s1. The maximum absolute atomic E-state index is 11.9. The van der Waals surface area contributed by atoms with E-state index in [9.17, 15) is 4.79 Å². The third-order valence-corrected chi connectivity index (χ3v) is 6.55. The van der Waals surface area contributed by atoms with Gasteiger partial charge in [-0.3, -0.25) is 4.79 Å². The average molecular weight is 422 g/mol. The van der Waals surface area contributed by atoms with E-state index in [0.717, 1.165) is 38.4 Å². The van der Waals surface area contributed by atoms with Gasteiger partial charge in [0, 0.05) is 22.5 Å². The molecule has 0 spiro atoms. The first-order chi connectivity index (χ1) is 14.0. The van der Waals surface area contributed by atoms with E-state index in [2.05, 4.69) is 28.3 Å². The van der Waals surface area contributed by atoms with Crippen molar-refractivity contribution in [3.05, 3.63) is 71.6 Å². The number of hydrogen-bond acceptors (Lipinski definition) is 4. The lowest BCUT2D eigenvalue weighted by Crippen LogP contribution is -2.08. The van der Waals surface area contributed by atoms with Crippen molar-refractivity contribution in [1.82, 2.24) is 14.5 Å². The van der Waals surface area contributed by atoms with Gasteiger partial charge in [-0.05, 0) is 44.0 Å². The molecule has 0 unspecified atom stereocenters. The zero-order valence-electron chi connectivity index (χ0n) is 16.4. The molecule has 0 fully saturated rings. The quantitative estimate of drug-likeness (QED) is 0.287. The topological polar surface area (TPSA) is 47.8 Å². The molecular weight excluding hydrogens is 402 g/mol. The zero-order chi connectivity index (χ0) is 20.5. The van der Waals surface area contributed by atoms with E-state index in [1.807, 2.05) is 54.8 Å². The fraction of sp³-hybridized carbons (Fsp3) is 0.174. The predicted octanol–water partition coefficient (Wildman–Crippen LogP) is 6.12. The molecule has 2 aromatic heterocycles. The van der Waals surface area contributed by atoms with Crippen LogP contribution in [0.3, 0.4) is 0 Å². The van der Waals surface area contributed by atoms with Crippen molar-refractivity contribution in [2.75, 3.05) is 0 Å². The monoisotopic (exact) mass is 421 g/mol. The number of carbonyl (C=O) groups excluding carboxylic acids is 1. The van der Waals surface area contributed by atoms with Crippen molar-refractivity contribution in [2.24, 2.45) is 0 Å². The summed E-state index contributed by atoms with van der Waals surface area (Å²) in [6.45, 7) is 5.49. The number of aryl methyl sites for hydroxylation is 1. The van der Waals surface area contributed by atoms with Crippen LogP contribution in [0.5, 0.6) is 0 Å². The van der Waals surface area contributed by atoms with Crippen LogP contribution in [0.2, 0.25) is 5.02 Å². The molecule has 29 heavy (non-hydrogen) atoms. The van der Waals surface area contributed by atoms with Crippen molar-refractivity contribution in [2.45, 2.75) is 31.0 Å². The highest BCUT2D eigenvalue weighted by atomic mass is 35.5. The summed E-state index contributed by atoms with van der Waals surface area (Å²) in [5.74, 6) is 0.118. The van der Waals surface area contributed by atoms with Gasteiger partial charge in [-0.2, -0.15) is 0 Å². The number of benzene rings is 2. The summed E-state index contributed by atoms with van der Waals surface area (Å²) in [5, 5.41) is 2.26. The number of Topliss-reactive ketones (excluding diaryl/α,β-unsaturated/α-hetero) is 1. The first-order valence-electron chi connectivity index (χ1n) is 9.31. The Morgan fingerprint density at radius 3 is 2.59 bits per heavy atom. The summed E-state index contributed by atoms with van der Waals surface area (Å²) in [6, 6.07) is 16.1. The summed E-state index contributed by atoms with van der Waals surface area (Å²) in [5.41, 5.74) is 4.84. The Morgan fingerprint density at radius 1 is 1.14 bits per heavy atom. The highest BCUT2D eigenvalue weighted by Crippen LogP contribution is 2.38. The number of aromatic nitrogens is 3. The molecule has 6 heteroatoms. The number of thioether (sulfide) groups is 1. The summed E-state index contributed by atoms with van der Waals surface area (Å²) >= 11 is 7.85. The largest absolute Gasteiger partial charge is 0.301 e. The minimum Gasteiger partial charge on any atom is -0.301 e. The molecule has 0 aliphatic rings. The predicted molar refractivity (Wildman–Crippen MR) is 120 cm³/mol. The molecule has 0 bridgehead atoms. The normalized spacial score (nSPS) is 12.3. The summed E-state index contributed by atoms with van der Waals surface area (Å²) in [4.78, 5) is 20.9. The fourth-order valence-corrected chi connectivity index (χ4v) is 4.24. The Bertz CT molecular complexity index is 1200. The highest BCUT2D eigenvalue weighted by molar-refractivity contribution is 8.00. The van der Waals surface area contributed by atoms with E-state index < -0.39 is 0 Å². The number of halogens is 1. The van der Waals surface area contributed by atoms with Crippen molar-refractivity contribution >= 4 is 40.2 Å². The van der Waals surface area contributed by atoms with Crippen LogP contribution in [0.25, 0.3) is 27.8 Å². The molecule has 2 aromatic carbocycles. The van der Waals surface area contributed by atoms with Gasteiger partial charge in [0.25, 0.3) is 0 Å². The Kier molecular flexibility index (Phi) is 5.43. The second kappa shape index (κ2) is 8.01. The van der Waals surface area contributed by atoms with E-state index in [1.165, 1.54) is 11.8 Å². The van der Waals surface area contributed by atoms with Gasteiger partial charge in [0.05, 0.1) is 10.6 Å². The van der Waals surface area contributed by atoms with Crippen LogP contribution >= 0.6 is 23.4 Å². The van der Waals surface area contributed by atoms with Gasteiger partial charge < -0.3 is 4.57 Å². The number of hydrogen-bond donors (Lipinski definition) is 0. The first kappa shape index (κ1) is 19.7. The molecule has 0 aliphatic carbocycles. The van der Waals surface area contributed by atoms with E-state index in [0.29, 0.717) is 5.02 Å². The zero-order valence-corrected chi connectivity index (χ0v) is 18.0. The van der Waals surface area contributed by atoms with Gasteiger partial charge in [-0.1, -0.05) is 59.8 Å². The molecule has 0 N–H and O–H groups in total. The van der Waals surface area contributed by atoms with Gasteiger partial charge in [0.1, 0.15) is 22.8 Å².